The molecule has 0 radical (unpaired) electrons. The predicted octanol–water partition coefficient (Wildman–Crippen LogP) is 4.54. The summed E-state index contributed by atoms with van der Waals surface area (Å²) < 4.78 is 5.28. The van der Waals surface area contributed by atoms with Crippen LogP contribution in [0.4, 0.5) is 5.69 Å². The van der Waals surface area contributed by atoms with Crippen LogP contribution in [0.25, 0.3) is 0 Å². The van der Waals surface area contributed by atoms with Crippen LogP contribution in [0.3, 0.4) is 0 Å². The van der Waals surface area contributed by atoms with Crippen molar-refractivity contribution in [1.82, 2.24) is 4.90 Å². The Bertz CT molecular complexity index is 1030. The molecule has 0 bridgehead atoms. The molecule has 1 saturated heterocycles. The van der Waals surface area contributed by atoms with Gasteiger partial charge in [0, 0.05) is 30.9 Å². The van der Waals surface area contributed by atoms with Gasteiger partial charge in [-0.15, -0.1) is 0 Å². The Morgan fingerprint density at radius 2 is 1.38 bits per heavy atom. The fraction of sp³-hybridized carbons (Fsp3) is 0.259. The standard InChI is InChI=1S/C27H28N2O3/c1-32-26(31)27(17-19-28(20-18-27)21-22-11-5-2-6-12-22)29(24-15-9-4-10-16-24)25(30)23-13-7-3-8-14-23/h2-16H,17-21H2,1H3. The van der Waals surface area contributed by atoms with Gasteiger partial charge in [0.25, 0.3) is 5.91 Å². The maximum atomic E-state index is 13.7. The van der Waals surface area contributed by atoms with Crippen LogP contribution in [0, 0.1) is 0 Å². The summed E-state index contributed by atoms with van der Waals surface area (Å²) in [5.41, 5.74) is 1.42. The zero-order chi connectivity index (χ0) is 22.4. The number of rotatable bonds is 6. The molecule has 3 aromatic carbocycles. The highest BCUT2D eigenvalue weighted by atomic mass is 16.5. The molecular formula is C27H28N2O3. The van der Waals surface area contributed by atoms with Crippen LogP contribution in [0.15, 0.2) is 91.0 Å². The number of hydrogen-bond acceptors (Lipinski definition) is 4. The van der Waals surface area contributed by atoms with E-state index < -0.39 is 5.54 Å². The topological polar surface area (TPSA) is 49.9 Å². The predicted molar refractivity (Wildman–Crippen MR) is 125 cm³/mol. The molecule has 1 aliphatic rings. The highest BCUT2D eigenvalue weighted by molar-refractivity contribution is 6.10. The van der Waals surface area contributed by atoms with E-state index in [9.17, 15) is 9.59 Å². The summed E-state index contributed by atoms with van der Waals surface area (Å²) in [5.74, 6) is -0.566. The third-order valence-corrected chi connectivity index (χ3v) is 6.16. The minimum Gasteiger partial charge on any atom is -0.467 e. The third kappa shape index (κ3) is 4.43. The van der Waals surface area contributed by atoms with Crippen molar-refractivity contribution in [2.75, 3.05) is 25.1 Å². The summed E-state index contributed by atoms with van der Waals surface area (Å²) in [6.07, 6.45) is 1.000. The lowest BCUT2D eigenvalue weighted by molar-refractivity contribution is -0.149. The van der Waals surface area contributed by atoms with Crippen molar-refractivity contribution in [3.05, 3.63) is 102 Å². The molecule has 0 aromatic heterocycles. The highest BCUT2D eigenvalue weighted by Gasteiger charge is 2.50. The van der Waals surface area contributed by atoms with E-state index in [0.29, 0.717) is 37.2 Å². The molecule has 4 rings (SSSR count). The Hall–Kier alpha value is -3.44. The van der Waals surface area contributed by atoms with Crippen LogP contribution in [-0.4, -0.2) is 42.5 Å². The number of carbonyl (C=O) groups excluding carboxylic acids is 2. The highest BCUT2D eigenvalue weighted by Crippen LogP contribution is 2.36. The first-order valence-electron chi connectivity index (χ1n) is 10.9. The minimum atomic E-state index is -1.06. The van der Waals surface area contributed by atoms with Crippen LogP contribution in [0.5, 0.6) is 0 Å². The number of esters is 1. The van der Waals surface area contributed by atoms with Gasteiger partial charge in [-0.3, -0.25) is 14.6 Å². The molecule has 0 atom stereocenters. The van der Waals surface area contributed by atoms with E-state index in [2.05, 4.69) is 17.0 Å². The van der Waals surface area contributed by atoms with E-state index in [1.54, 1.807) is 17.0 Å². The lowest BCUT2D eigenvalue weighted by Gasteiger charge is -2.46. The van der Waals surface area contributed by atoms with Crippen LogP contribution < -0.4 is 4.90 Å². The van der Waals surface area contributed by atoms with Gasteiger partial charge in [-0.25, -0.2) is 4.79 Å². The minimum absolute atomic E-state index is 0.196. The average Bonchev–Trinajstić information content (AvgIpc) is 2.86. The van der Waals surface area contributed by atoms with Gasteiger partial charge in [0.15, 0.2) is 0 Å². The molecule has 0 unspecified atom stereocenters. The van der Waals surface area contributed by atoms with Crippen molar-refractivity contribution in [1.29, 1.82) is 0 Å². The number of para-hydroxylation sites is 1. The molecule has 1 heterocycles. The largest absolute Gasteiger partial charge is 0.467 e. The van der Waals surface area contributed by atoms with Crippen LogP contribution in [0.1, 0.15) is 28.8 Å². The van der Waals surface area contributed by atoms with E-state index >= 15 is 0 Å². The van der Waals surface area contributed by atoms with Gasteiger partial charge in [-0.2, -0.15) is 0 Å². The summed E-state index contributed by atoms with van der Waals surface area (Å²) in [6, 6.07) is 28.8. The molecule has 32 heavy (non-hydrogen) atoms. The summed E-state index contributed by atoms with van der Waals surface area (Å²) in [4.78, 5) is 31.0. The lowest BCUT2D eigenvalue weighted by Crippen LogP contribution is -2.62. The second-order valence-electron chi connectivity index (χ2n) is 8.13. The van der Waals surface area contributed by atoms with Crippen LogP contribution >= 0.6 is 0 Å². The first-order chi connectivity index (χ1) is 15.6. The monoisotopic (exact) mass is 428 g/mol. The van der Waals surface area contributed by atoms with E-state index in [1.807, 2.05) is 66.7 Å². The number of ether oxygens (including phenoxy) is 1. The maximum absolute atomic E-state index is 13.7. The van der Waals surface area contributed by atoms with Gasteiger partial charge >= 0.3 is 5.97 Å². The van der Waals surface area contributed by atoms with Crippen LogP contribution in [-0.2, 0) is 16.1 Å². The molecule has 0 aliphatic carbocycles. The van der Waals surface area contributed by atoms with E-state index in [-0.39, 0.29) is 11.9 Å². The van der Waals surface area contributed by atoms with E-state index in [4.69, 9.17) is 4.74 Å². The van der Waals surface area contributed by atoms with E-state index in [1.165, 1.54) is 12.7 Å². The number of methoxy groups -OCH3 is 1. The molecule has 1 amide bonds. The van der Waals surface area contributed by atoms with Crippen molar-refractivity contribution < 1.29 is 14.3 Å². The van der Waals surface area contributed by atoms with Crippen LogP contribution in [0.2, 0.25) is 0 Å². The number of amides is 1. The zero-order valence-electron chi connectivity index (χ0n) is 18.3. The third-order valence-electron chi connectivity index (χ3n) is 6.16. The number of hydrogen-bond donors (Lipinski definition) is 0. The van der Waals surface area contributed by atoms with Gasteiger partial charge in [0.2, 0.25) is 0 Å². The molecule has 0 saturated carbocycles. The van der Waals surface area contributed by atoms with Gasteiger partial charge in [-0.05, 0) is 42.7 Å². The summed E-state index contributed by atoms with van der Waals surface area (Å²) in [5, 5.41) is 0. The van der Waals surface area contributed by atoms with Gasteiger partial charge in [-0.1, -0.05) is 66.7 Å². The molecule has 3 aromatic rings. The van der Waals surface area contributed by atoms with Crippen molar-refractivity contribution in [3.8, 4) is 0 Å². The van der Waals surface area contributed by atoms with Crippen molar-refractivity contribution in [2.45, 2.75) is 24.9 Å². The van der Waals surface area contributed by atoms with Gasteiger partial charge in [0.1, 0.15) is 5.54 Å². The summed E-state index contributed by atoms with van der Waals surface area (Å²) in [6.45, 7) is 2.20. The Morgan fingerprint density at radius 3 is 1.94 bits per heavy atom. The molecule has 5 nitrogen and oxygen atoms in total. The lowest BCUT2D eigenvalue weighted by atomic mass is 9.84. The second kappa shape index (κ2) is 9.79. The second-order valence-corrected chi connectivity index (χ2v) is 8.13. The fourth-order valence-corrected chi connectivity index (χ4v) is 4.48. The quantitative estimate of drug-likeness (QED) is 0.541. The molecular weight excluding hydrogens is 400 g/mol. The number of anilines is 1. The molecule has 1 aliphatic heterocycles. The summed E-state index contributed by atoms with van der Waals surface area (Å²) in [7, 11) is 1.40. The first kappa shape index (κ1) is 21.8. The Balaban J connectivity index is 1.67. The Kier molecular flexibility index (Phi) is 6.66. The smallest absolute Gasteiger partial charge is 0.332 e. The maximum Gasteiger partial charge on any atom is 0.332 e. The normalized spacial score (nSPS) is 15.7. The Morgan fingerprint density at radius 1 is 0.844 bits per heavy atom. The number of carbonyl (C=O) groups is 2. The number of benzene rings is 3. The first-order valence-corrected chi connectivity index (χ1v) is 10.9. The van der Waals surface area contributed by atoms with Gasteiger partial charge in [0.05, 0.1) is 7.11 Å². The van der Waals surface area contributed by atoms with E-state index in [0.717, 1.165) is 6.54 Å². The molecule has 1 fully saturated rings. The van der Waals surface area contributed by atoms with Crippen molar-refractivity contribution in [2.24, 2.45) is 0 Å². The molecule has 0 spiro atoms. The molecule has 5 heteroatoms. The number of nitrogens with zero attached hydrogens (tertiary/aromatic N) is 2. The van der Waals surface area contributed by atoms with Gasteiger partial charge < -0.3 is 4.74 Å². The number of likely N-dealkylation sites (tertiary alicyclic amines) is 1. The van der Waals surface area contributed by atoms with Crippen molar-refractivity contribution in [3.63, 3.8) is 0 Å². The fourth-order valence-electron chi connectivity index (χ4n) is 4.48. The summed E-state index contributed by atoms with van der Waals surface area (Å²) >= 11 is 0. The average molecular weight is 429 g/mol. The van der Waals surface area contributed by atoms with Crippen molar-refractivity contribution >= 4 is 17.6 Å². The SMILES string of the molecule is COC(=O)C1(N(C(=O)c2ccccc2)c2ccccc2)CCN(Cc2ccccc2)CC1. The zero-order valence-corrected chi connectivity index (χ0v) is 18.3. The number of piperidine rings is 1. The molecule has 164 valence electrons. The Labute approximate surface area is 189 Å². The molecule has 0 N–H and O–H groups in total.